The highest BCUT2D eigenvalue weighted by atomic mass is 32.1. The predicted molar refractivity (Wildman–Crippen MR) is 130 cm³/mol. The third-order valence-electron chi connectivity index (χ3n) is 10.1. The normalized spacial score (nSPS) is 43.9. The van der Waals surface area contributed by atoms with Crippen molar-refractivity contribution in [2.45, 2.75) is 84.1 Å². The van der Waals surface area contributed by atoms with Crippen LogP contribution >= 0.6 is 12.2 Å². The smallest absolute Gasteiger partial charge is 0.0845 e. The number of rotatable bonds is 4. The minimum atomic E-state index is 0.137. The van der Waals surface area contributed by atoms with Gasteiger partial charge in [-0.1, -0.05) is 76.7 Å². The van der Waals surface area contributed by atoms with Crippen molar-refractivity contribution in [1.82, 2.24) is 4.90 Å². The first-order valence-electron chi connectivity index (χ1n) is 12.3. The van der Waals surface area contributed by atoms with Crippen molar-refractivity contribution in [2.24, 2.45) is 33.8 Å². The van der Waals surface area contributed by atoms with E-state index in [2.05, 4.69) is 62.9 Å². The van der Waals surface area contributed by atoms with Crippen LogP contribution in [-0.2, 0) is 5.41 Å². The minimum absolute atomic E-state index is 0.137. The molecule has 1 aromatic carbocycles. The summed E-state index contributed by atoms with van der Waals surface area (Å²) in [6.45, 7) is 11.7. The molecule has 2 nitrogen and oxygen atoms in total. The molecule has 3 heteroatoms. The molecule has 4 bridgehead atoms. The molecule has 1 aliphatic heterocycles. The van der Waals surface area contributed by atoms with Gasteiger partial charge in [0.1, 0.15) is 0 Å². The Kier molecular flexibility index (Phi) is 4.74. The van der Waals surface area contributed by atoms with Crippen LogP contribution in [0, 0.1) is 28.1 Å². The lowest BCUT2D eigenvalue weighted by atomic mass is 9.56. The molecule has 6 rings (SSSR count). The number of likely N-dealkylation sites (tertiary alicyclic amines) is 1. The van der Waals surface area contributed by atoms with Crippen molar-refractivity contribution in [3.63, 3.8) is 0 Å². The van der Waals surface area contributed by atoms with Gasteiger partial charge in [-0.25, -0.2) is 0 Å². The average molecular weight is 425 g/mol. The van der Waals surface area contributed by atoms with Crippen LogP contribution in [0.5, 0.6) is 0 Å². The van der Waals surface area contributed by atoms with Crippen molar-refractivity contribution in [1.29, 1.82) is 0 Å². The summed E-state index contributed by atoms with van der Waals surface area (Å²) in [5.41, 5.74) is 9.20. The second kappa shape index (κ2) is 6.78. The van der Waals surface area contributed by atoms with E-state index in [0.29, 0.717) is 10.8 Å². The molecule has 0 aromatic heterocycles. The van der Waals surface area contributed by atoms with Gasteiger partial charge in [-0.2, -0.15) is 0 Å². The second-order valence-electron chi connectivity index (χ2n) is 12.2. The maximum Gasteiger partial charge on any atom is 0.0845 e. The first-order valence-corrected chi connectivity index (χ1v) is 12.7. The molecule has 5 unspecified atom stereocenters. The van der Waals surface area contributed by atoms with Gasteiger partial charge in [0.25, 0.3) is 0 Å². The van der Waals surface area contributed by atoms with Gasteiger partial charge < -0.3 is 10.6 Å². The summed E-state index contributed by atoms with van der Waals surface area (Å²) in [5, 5.41) is 0. The molecule has 4 saturated carbocycles. The van der Waals surface area contributed by atoms with E-state index in [-0.39, 0.29) is 16.9 Å². The van der Waals surface area contributed by atoms with Crippen LogP contribution in [0.3, 0.4) is 0 Å². The van der Waals surface area contributed by atoms with Crippen LogP contribution in [0.1, 0.15) is 78.2 Å². The Hall–Kier alpha value is -0.930. The lowest BCUT2D eigenvalue weighted by molar-refractivity contribution is 0.0616. The van der Waals surface area contributed by atoms with Crippen LogP contribution < -0.4 is 5.73 Å². The quantitative estimate of drug-likeness (QED) is 0.607. The van der Waals surface area contributed by atoms with Crippen LogP contribution in [0.25, 0.3) is 0 Å². The second-order valence-corrected chi connectivity index (χ2v) is 12.6. The fourth-order valence-corrected chi connectivity index (χ4v) is 9.03. The van der Waals surface area contributed by atoms with Crippen molar-refractivity contribution in [3.8, 4) is 0 Å². The molecule has 1 saturated heterocycles. The van der Waals surface area contributed by atoms with E-state index in [1.54, 1.807) is 5.56 Å². The van der Waals surface area contributed by atoms with E-state index in [4.69, 9.17) is 18.0 Å². The summed E-state index contributed by atoms with van der Waals surface area (Å²) < 4.78 is 0. The summed E-state index contributed by atoms with van der Waals surface area (Å²) in [5.74, 6) is 1.54. The highest BCUT2D eigenvalue weighted by molar-refractivity contribution is 7.80. The number of nitrogens with two attached hydrogens (primary N) is 1. The molecule has 0 spiro atoms. The molecule has 0 radical (unpaired) electrons. The van der Waals surface area contributed by atoms with E-state index in [0.717, 1.165) is 31.3 Å². The maximum atomic E-state index is 6.47. The molecular formula is C27H40N2S. The van der Waals surface area contributed by atoms with Crippen molar-refractivity contribution in [3.05, 3.63) is 35.9 Å². The number of piperidine rings is 1. The summed E-state index contributed by atoms with van der Waals surface area (Å²) in [7, 11) is 0. The Bertz CT molecular complexity index is 835. The summed E-state index contributed by atoms with van der Waals surface area (Å²) in [4.78, 5) is 3.89. The maximum absolute atomic E-state index is 6.47. The predicted octanol–water partition coefficient (Wildman–Crippen LogP) is 5.94. The molecule has 2 N–H and O–H groups in total. The zero-order chi connectivity index (χ0) is 21.4. The van der Waals surface area contributed by atoms with E-state index < -0.39 is 0 Å². The molecule has 30 heavy (non-hydrogen) atoms. The van der Waals surface area contributed by atoms with Crippen LogP contribution in [0.15, 0.2) is 30.3 Å². The highest BCUT2D eigenvalue weighted by Gasteiger charge is 2.73. The fourth-order valence-electron chi connectivity index (χ4n) is 8.57. The zero-order valence-corrected chi connectivity index (χ0v) is 20.2. The van der Waals surface area contributed by atoms with Crippen molar-refractivity contribution in [2.75, 3.05) is 13.1 Å². The number of hydrogen-bond donors (Lipinski definition) is 1. The van der Waals surface area contributed by atoms with E-state index >= 15 is 0 Å². The molecule has 6 atom stereocenters. The SMILES string of the molecule is CCCC1(C)C2CC3(c4ccccc4)CC1C(C(=S)N1CC[C@H](N)C(C)(C)C1)(C2)C3. The molecule has 5 fully saturated rings. The fraction of sp³-hybridized carbons (Fsp3) is 0.741. The molecule has 1 aromatic rings. The number of nitrogens with zero attached hydrogens (tertiary/aromatic N) is 1. The standard InChI is InChI=1S/C27H40N2S/c1-5-12-25(4)20-14-26(19-9-7-6-8-10-19)16-21(25)27(15-20,17-26)23(30)29-13-11-22(28)24(2,3)18-29/h6-10,20-22H,5,11-18,28H2,1-4H3/t20?,21?,22-,25?,26?,27?/m0/s1. The van der Waals surface area contributed by atoms with Gasteiger partial charge in [-0.05, 0) is 72.2 Å². The van der Waals surface area contributed by atoms with Gasteiger partial charge in [-0.15, -0.1) is 0 Å². The first kappa shape index (κ1) is 20.9. The monoisotopic (exact) mass is 424 g/mol. The van der Waals surface area contributed by atoms with Gasteiger partial charge in [-0.3, -0.25) is 0 Å². The molecule has 5 aliphatic rings. The van der Waals surface area contributed by atoms with Gasteiger partial charge in [0.15, 0.2) is 0 Å². The van der Waals surface area contributed by atoms with Crippen molar-refractivity contribution >= 4 is 17.2 Å². The Labute approximate surface area is 189 Å². The van der Waals surface area contributed by atoms with Crippen LogP contribution in [-0.4, -0.2) is 29.0 Å². The number of benzene rings is 1. The summed E-state index contributed by atoms with van der Waals surface area (Å²) in [6, 6.07) is 11.7. The topological polar surface area (TPSA) is 29.3 Å². The third kappa shape index (κ3) is 2.73. The number of thiocarbonyl (C=S) groups is 1. The Morgan fingerprint density at radius 1 is 1.13 bits per heavy atom. The lowest BCUT2D eigenvalue weighted by Gasteiger charge is -2.49. The molecule has 164 valence electrons. The first-order chi connectivity index (χ1) is 14.2. The molecule has 4 aliphatic carbocycles. The Morgan fingerprint density at radius 2 is 1.87 bits per heavy atom. The summed E-state index contributed by atoms with van der Waals surface area (Å²) >= 11 is 6.45. The van der Waals surface area contributed by atoms with Gasteiger partial charge in [0, 0.05) is 24.5 Å². The van der Waals surface area contributed by atoms with Gasteiger partial charge in [0.05, 0.1) is 4.99 Å². The van der Waals surface area contributed by atoms with Crippen molar-refractivity contribution < 1.29 is 0 Å². The summed E-state index contributed by atoms with van der Waals surface area (Å²) in [6.07, 6.45) is 9.00. The van der Waals surface area contributed by atoms with Crippen LogP contribution in [0.2, 0.25) is 0 Å². The Balaban J connectivity index is 1.53. The third-order valence-corrected chi connectivity index (χ3v) is 10.8. The largest absolute Gasteiger partial charge is 0.365 e. The molecular weight excluding hydrogens is 384 g/mol. The number of hydrogen-bond acceptors (Lipinski definition) is 2. The van der Waals surface area contributed by atoms with Gasteiger partial charge >= 0.3 is 0 Å². The van der Waals surface area contributed by atoms with E-state index in [1.165, 1.54) is 43.5 Å². The van der Waals surface area contributed by atoms with E-state index in [9.17, 15) is 0 Å². The lowest BCUT2D eigenvalue weighted by Crippen LogP contribution is -2.57. The zero-order valence-electron chi connectivity index (χ0n) is 19.4. The van der Waals surface area contributed by atoms with Crippen LogP contribution in [0.4, 0.5) is 0 Å². The molecule has 1 heterocycles. The highest BCUT2D eigenvalue weighted by Crippen LogP contribution is 2.78. The van der Waals surface area contributed by atoms with Gasteiger partial charge in [0.2, 0.25) is 0 Å². The van der Waals surface area contributed by atoms with E-state index in [1.807, 2.05) is 0 Å². The Morgan fingerprint density at radius 3 is 2.53 bits per heavy atom. The minimum Gasteiger partial charge on any atom is -0.365 e. The average Bonchev–Trinajstić information content (AvgIpc) is 3.07. The molecule has 0 amide bonds.